The van der Waals surface area contributed by atoms with E-state index in [9.17, 15) is 10.1 Å². The quantitative estimate of drug-likeness (QED) is 0.453. The molecule has 0 spiro atoms. The van der Waals surface area contributed by atoms with Gasteiger partial charge in [0.1, 0.15) is 12.4 Å². The highest BCUT2D eigenvalue weighted by Gasteiger charge is 2.15. The minimum Gasteiger partial charge on any atom is -0.497 e. The first-order valence-corrected chi connectivity index (χ1v) is 8.55. The van der Waals surface area contributed by atoms with Crippen LogP contribution in [-0.4, -0.2) is 23.4 Å². The van der Waals surface area contributed by atoms with Crippen molar-refractivity contribution < 1.29 is 14.7 Å². The summed E-state index contributed by atoms with van der Waals surface area (Å²) < 4.78 is 7.53. The first kappa shape index (κ1) is 18.1. The van der Waals surface area contributed by atoms with Crippen LogP contribution in [0.5, 0.6) is 5.75 Å². The van der Waals surface area contributed by atoms with Crippen molar-refractivity contribution in [2.45, 2.75) is 19.9 Å². The zero-order valence-corrected chi connectivity index (χ0v) is 15.3. The van der Waals surface area contributed by atoms with Crippen LogP contribution < -0.4 is 4.74 Å². The highest BCUT2D eigenvalue weighted by molar-refractivity contribution is 6.30. The number of hydrogen-bond donors (Lipinski definition) is 0. The molecule has 7 heteroatoms. The third kappa shape index (κ3) is 3.75. The van der Waals surface area contributed by atoms with Crippen molar-refractivity contribution in [3.8, 4) is 5.75 Å². The number of methoxy groups -OCH3 is 1. The minimum absolute atomic E-state index is 0.0190. The van der Waals surface area contributed by atoms with Gasteiger partial charge in [0.25, 0.3) is 5.09 Å². The first-order chi connectivity index (χ1) is 12.5. The van der Waals surface area contributed by atoms with Crippen molar-refractivity contribution in [3.05, 3.63) is 74.4 Å². The maximum atomic E-state index is 10.5. The number of rotatable bonds is 7. The van der Waals surface area contributed by atoms with Crippen LogP contribution in [0.4, 0.5) is 0 Å². The number of fused-ring (bicyclic) bond motifs is 1. The van der Waals surface area contributed by atoms with Crippen LogP contribution >= 0.6 is 11.6 Å². The van der Waals surface area contributed by atoms with Gasteiger partial charge in [-0.2, -0.15) is 0 Å². The molecule has 0 aliphatic carbocycles. The van der Waals surface area contributed by atoms with E-state index in [1.54, 1.807) is 7.11 Å². The second-order valence-corrected chi connectivity index (χ2v) is 6.40. The van der Waals surface area contributed by atoms with Gasteiger partial charge < -0.3 is 14.1 Å². The second-order valence-electron chi connectivity index (χ2n) is 5.97. The summed E-state index contributed by atoms with van der Waals surface area (Å²) in [5, 5.41) is 11.4. The lowest BCUT2D eigenvalue weighted by atomic mass is 10.1. The molecule has 0 saturated heterocycles. The standard InChI is InChI=1S/C19H19ClN2O4/c1-13-17(9-10-26-22(23)24)18-11-16(25-2)7-8-19(18)21(13)12-14-3-5-15(20)6-4-14/h3-8,11H,9-10,12H2,1-2H3. The average molecular weight is 375 g/mol. The predicted molar refractivity (Wildman–Crippen MR) is 100 cm³/mol. The van der Waals surface area contributed by atoms with E-state index >= 15 is 0 Å². The van der Waals surface area contributed by atoms with E-state index in [4.69, 9.17) is 16.3 Å². The molecule has 1 heterocycles. The Bertz CT molecular complexity index is 935. The van der Waals surface area contributed by atoms with E-state index in [0.717, 1.165) is 33.5 Å². The number of hydrogen-bond acceptors (Lipinski definition) is 4. The van der Waals surface area contributed by atoms with Gasteiger partial charge in [-0.25, -0.2) is 0 Å². The van der Waals surface area contributed by atoms with E-state index in [1.807, 2.05) is 49.4 Å². The molecule has 1 aromatic heterocycles. The molecule has 136 valence electrons. The smallest absolute Gasteiger partial charge is 0.294 e. The van der Waals surface area contributed by atoms with Crippen molar-refractivity contribution >= 4 is 22.5 Å². The monoisotopic (exact) mass is 374 g/mol. The Labute approximate surface area is 156 Å². The number of aromatic nitrogens is 1. The molecule has 0 aliphatic rings. The molecule has 0 bridgehead atoms. The molecule has 0 radical (unpaired) electrons. The Kier molecular flexibility index (Phi) is 5.32. The fourth-order valence-electron chi connectivity index (χ4n) is 3.17. The van der Waals surface area contributed by atoms with Crippen LogP contribution in [0.2, 0.25) is 5.02 Å². The summed E-state index contributed by atoms with van der Waals surface area (Å²) in [7, 11) is 1.62. The van der Waals surface area contributed by atoms with Gasteiger partial charge in [0.15, 0.2) is 0 Å². The van der Waals surface area contributed by atoms with Crippen LogP contribution in [0.15, 0.2) is 42.5 Å². The molecule has 0 amide bonds. The Morgan fingerprint density at radius 2 is 1.92 bits per heavy atom. The van der Waals surface area contributed by atoms with Crippen molar-refractivity contribution in [1.82, 2.24) is 4.57 Å². The fraction of sp³-hybridized carbons (Fsp3) is 0.263. The van der Waals surface area contributed by atoms with Crippen molar-refractivity contribution in [3.63, 3.8) is 0 Å². The third-order valence-electron chi connectivity index (χ3n) is 4.46. The van der Waals surface area contributed by atoms with Crippen LogP contribution in [-0.2, 0) is 17.8 Å². The Morgan fingerprint density at radius 1 is 1.19 bits per heavy atom. The van der Waals surface area contributed by atoms with Gasteiger partial charge in [0.2, 0.25) is 0 Å². The van der Waals surface area contributed by atoms with Crippen molar-refractivity contribution in [2.24, 2.45) is 0 Å². The topological polar surface area (TPSA) is 66.5 Å². The fourth-order valence-corrected chi connectivity index (χ4v) is 3.30. The molecule has 3 rings (SSSR count). The summed E-state index contributed by atoms with van der Waals surface area (Å²) in [6.07, 6.45) is 0.449. The van der Waals surface area contributed by atoms with E-state index < -0.39 is 5.09 Å². The molecule has 0 unspecified atom stereocenters. The average Bonchev–Trinajstić information content (AvgIpc) is 2.88. The van der Waals surface area contributed by atoms with Crippen LogP contribution in [0.1, 0.15) is 16.8 Å². The molecule has 0 saturated carbocycles. The minimum atomic E-state index is -0.761. The van der Waals surface area contributed by atoms with Crippen LogP contribution in [0.3, 0.4) is 0 Å². The molecule has 3 aromatic rings. The number of nitrogens with zero attached hydrogens (tertiary/aromatic N) is 2. The molecule has 0 fully saturated rings. The normalized spacial score (nSPS) is 10.9. The van der Waals surface area contributed by atoms with Gasteiger partial charge in [0.05, 0.1) is 7.11 Å². The summed E-state index contributed by atoms with van der Waals surface area (Å²) in [6, 6.07) is 13.6. The summed E-state index contributed by atoms with van der Waals surface area (Å²) in [5.41, 5.74) is 4.25. The van der Waals surface area contributed by atoms with Gasteiger partial charge in [0, 0.05) is 28.2 Å². The summed E-state index contributed by atoms with van der Waals surface area (Å²) in [6.45, 7) is 2.72. The lowest BCUT2D eigenvalue weighted by molar-refractivity contribution is -0.757. The Hall–Kier alpha value is -2.73. The number of halogens is 1. The number of ether oxygens (including phenoxy) is 1. The molecule has 0 N–H and O–H groups in total. The van der Waals surface area contributed by atoms with E-state index in [2.05, 4.69) is 9.40 Å². The molecule has 26 heavy (non-hydrogen) atoms. The molecule has 2 aromatic carbocycles. The van der Waals surface area contributed by atoms with Gasteiger partial charge >= 0.3 is 0 Å². The Balaban J connectivity index is 2.02. The molecule has 6 nitrogen and oxygen atoms in total. The lowest BCUT2D eigenvalue weighted by Gasteiger charge is -2.09. The summed E-state index contributed by atoms with van der Waals surface area (Å²) in [4.78, 5) is 15.0. The van der Waals surface area contributed by atoms with Gasteiger partial charge in [-0.3, -0.25) is 0 Å². The molecular weight excluding hydrogens is 356 g/mol. The van der Waals surface area contributed by atoms with E-state index in [0.29, 0.717) is 18.0 Å². The van der Waals surface area contributed by atoms with Crippen molar-refractivity contribution in [1.29, 1.82) is 0 Å². The number of benzene rings is 2. The molecular formula is C19H19ClN2O4. The largest absolute Gasteiger partial charge is 0.497 e. The summed E-state index contributed by atoms with van der Waals surface area (Å²) in [5.74, 6) is 0.748. The van der Waals surface area contributed by atoms with Gasteiger partial charge in [-0.1, -0.05) is 23.7 Å². The predicted octanol–water partition coefficient (Wildman–Crippen LogP) is 4.41. The summed E-state index contributed by atoms with van der Waals surface area (Å²) >= 11 is 5.97. The molecule has 0 aliphatic heterocycles. The van der Waals surface area contributed by atoms with Gasteiger partial charge in [-0.15, -0.1) is 10.1 Å². The third-order valence-corrected chi connectivity index (χ3v) is 4.72. The maximum Gasteiger partial charge on any atom is 0.294 e. The zero-order valence-electron chi connectivity index (χ0n) is 14.6. The molecule has 0 atom stereocenters. The van der Waals surface area contributed by atoms with Crippen molar-refractivity contribution in [2.75, 3.05) is 13.7 Å². The highest BCUT2D eigenvalue weighted by atomic mass is 35.5. The van der Waals surface area contributed by atoms with Crippen LogP contribution in [0.25, 0.3) is 10.9 Å². The second kappa shape index (κ2) is 7.66. The zero-order chi connectivity index (χ0) is 18.7. The van der Waals surface area contributed by atoms with Gasteiger partial charge in [-0.05, 0) is 54.8 Å². The lowest BCUT2D eigenvalue weighted by Crippen LogP contribution is -2.06. The van der Waals surface area contributed by atoms with E-state index in [1.165, 1.54) is 0 Å². The Morgan fingerprint density at radius 3 is 2.58 bits per heavy atom. The highest BCUT2D eigenvalue weighted by Crippen LogP contribution is 2.30. The van der Waals surface area contributed by atoms with Crippen LogP contribution in [0, 0.1) is 17.0 Å². The van der Waals surface area contributed by atoms with E-state index in [-0.39, 0.29) is 6.61 Å². The first-order valence-electron chi connectivity index (χ1n) is 8.17. The maximum absolute atomic E-state index is 10.5. The SMILES string of the molecule is COc1ccc2c(c1)c(CCO[N+](=O)[O-])c(C)n2Cc1ccc(Cl)cc1.